The van der Waals surface area contributed by atoms with Gasteiger partial charge in [0.25, 0.3) is 5.56 Å². The second kappa shape index (κ2) is 6.94. The molecule has 1 aromatic carbocycles. The molecule has 26 heavy (non-hydrogen) atoms. The van der Waals surface area contributed by atoms with Gasteiger partial charge in [0.1, 0.15) is 9.32 Å². The molecular formula is C16H9F3IN3O3. The zero-order valence-electron chi connectivity index (χ0n) is 12.7. The first-order chi connectivity index (χ1) is 12.3. The summed E-state index contributed by atoms with van der Waals surface area (Å²) in [5.74, 6) is -0.453. The number of ether oxygens (including phenoxy) is 1. The number of aromatic nitrogens is 3. The molecule has 3 aromatic rings. The molecule has 0 radical (unpaired) electrons. The monoisotopic (exact) mass is 475 g/mol. The Bertz CT molecular complexity index is 1040. The Morgan fingerprint density at radius 2 is 1.77 bits per heavy atom. The highest BCUT2D eigenvalue weighted by Gasteiger charge is 2.31. The van der Waals surface area contributed by atoms with Crippen LogP contribution in [0.1, 0.15) is 0 Å². The van der Waals surface area contributed by atoms with Crippen molar-refractivity contribution in [1.82, 2.24) is 14.5 Å². The van der Waals surface area contributed by atoms with Gasteiger partial charge in [-0.2, -0.15) is 0 Å². The predicted molar refractivity (Wildman–Crippen MR) is 95.3 cm³/mol. The first kappa shape index (κ1) is 18.2. The maximum absolute atomic E-state index is 12.6. The summed E-state index contributed by atoms with van der Waals surface area (Å²) in [6, 6.07) is 9.47. The minimum Gasteiger partial charge on any atom is -0.406 e. The minimum absolute atomic E-state index is 0.108. The van der Waals surface area contributed by atoms with Crippen molar-refractivity contribution in [3.63, 3.8) is 0 Å². The topological polar surface area (TPSA) is 77.0 Å². The number of alkyl halides is 3. The second-order valence-corrected chi connectivity index (χ2v) is 6.10. The fourth-order valence-corrected chi connectivity index (χ4v) is 2.89. The molecule has 0 aliphatic carbocycles. The van der Waals surface area contributed by atoms with Crippen LogP contribution in [0.3, 0.4) is 0 Å². The lowest BCUT2D eigenvalue weighted by atomic mass is 10.2. The Hall–Kier alpha value is -2.63. The number of nitrogens with one attached hydrogen (secondary N) is 1. The lowest BCUT2D eigenvalue weighted by Gasteiger charge is -2.11. The van der Waals surface area contributed by atoms with Crippen LogP contribution in [0.25, 0.3) is 17.1 Å². The van der Waals surface area contributed by atoms with E-state index in [0.717, 1.165) is 16.7 Å². The molecule has 0 spiro atoms. The Balaban J connectivity index is 2.06. The average Bonchev–Trinajstić information content (AvgIpc) is 2.59. The number of pyridine rings is 1. The van der Waals surface area contributed by atoms with Crippen molar-refractivity contribution >= 4 is 22.6 Å². The normalized spacial score (nSPS) is 11.4. The Morgan fingerprint density at radius 1 is 1.08 bits per heavy atom. The molecule has 0 aliphatic heterocycles. The fraction of sp³-hybridized carbons (Fsp3) is 0.0625. The number of hydrogen-bond donors (Lipinski definition) is 1. The number of halogens is 4. The average molecular weight is 475 g/mol. The standard InChI is InChI=1S/C16H9F3IN3O3/c17-16(18,19)26-10-6-4-9(5-7-10)23-14(24)12(20)13(22-15(23)25)11-3-1-2-8-21-11/h1-8H,(H,22,25). The molecule has 0 saturated heterocycles. The van der Waals surface area contributed by atoms with Crippen LogP contribution in [0, 0.1) is 3.57 Å². The fourth-order valence-electron chi connectivity index (χ4n) is 2.23. The van der Waals surface area contributed by atoms with Gasteiger partial charge in [-0.05, 0) is 59.0 Å². The van der Waals surface area contributed by atoms with Crippen LogP contribution in [0.15, 0.2) is 58.3 Å². The van der Waals surface area contributed by atoms with E-state index in [4.69, 9.17) is 0 Å². The van der Waals surface area contributed by atoms with Crippen LogP contribution < -0.4 is 16.0 Å². The lowest BCUT2D eigenvalue weighted by Crippen LogP contribution is -2.36. The number of benzene rings is 1. The third kappa shape index (κ3) is 3.79. The highest BCUT2D eigenvalue weighted by molar-refractivity contribution is 14.1. The van der Waals surface area contributed by atoms with Crippen molar-refractivity contribution in [2.24, 2.45) is 0 Å². The van der Waals surface area contributed by atoms with E-state index in [2.05, 4.69) is 14.7 Å². The summed E-state index contributed by atoms with van der Waals surface area (Å²) < 4.78 is 41.5. The van der Waals surface area contributed by atoms with Gasteiger partial charge in [0, 0.05) is 6.20 Å². The molecule has 3 rings (SSSR count). The van der Waals surface area contributed by atoms with E-state index in [0.29, 0.717) is 5.69 Å². The van der Waals surface area contributed by atoms with Gasteiger partial charge < -0.3 is 9.72 Å². The quantitative estimate of drug-likeness (QED) is 0.591. The molecule has 10 heteroatoms. The molecule has 2 aromatic heterocycles. The number of H-pyrrole nitrogens is 1. The number of hydrogen-bond acceptors (Lipinski definition) is 4. The van der Waals surface area contributed by atoms with E-state index < -0.39 is 23.4 Å². The van der Waals surface area contributed by atoms with Crippen molar-refractivity contribution in [2.75, 3.05) is 0 Å². The lowest BCUT2D eigenvalue weighted by molar-refractivity contribution is -0.274. The predicted octanol–water partition coefficient (Wildman–Crippen LogP) is 3.09. The zero-order chi connectivity index (χ0) is 18.9. The van der Waals surface area contributed by atoms with Gasteiger partial charge in [-0.3, -0.25) is 9.78 Å². The Labute approximate surface area is 157 Å². The minimum atomic E-state index is -4.82. The van der Waals surface area contributed by atoms with Crippen LogP contribution in [0.5, 0.6) is 5.75 Å². The van der Waals surface area contributed by atoms with Gasteiger partial charge in [0.15, 0.2) is 0 Å². The zero-order valence-corrected chi connectivity index (χ0v) is 14.9. The van der Waals surface area contributed by atoms with Gasteiger partial charge in [0.05, 0.1) is 17.1 Å². The molecule has 0 saturated carbocycles. The van der Waals surface area contributed by atoms with Gasteiger partial charge >= 0.3 is 12.1 Å². The van der Waals surface area contributed by atoms with Crippen LogP contribution >= 0.6 is 22.6 Å². The highest BCUT2D eigenvalue weighted by atomic mass is 127. The van der Waals surface area contributed by atoms with Crippen LogP contribution in [-0.4, -0.2) is 20.9 Å². The molecule has 134 valence electrons. The van der Waals surface area contributed by atoms with Crippen molar-refractivity contribution in [1.29, 1.82) is 0 Å². The maximum Gasteiger partial charge on any atom is 0.573 e. The first-order valence-corrected chi connectivity index (χ1v) is 8.16. The third-order valence-corrected chi connectivity index (χ3v) is 4.30. The van der Waals surface area contributed by atoms with Gasteiger partial charge in [-0.1, -0.05) is 6.07 Å². The summed E-state index contributed by atoms with van der Waals surface area (Å²) in [4.78, 5) is 31.6. The van der Waals surface area contributed by atoms with Gasteiger partial charge in [-0.25, -0.2) is 9.36 Å². The molecule has 0 amide bonds. The van der Waals surface area contributed by atoms with Crippen molar-refractivity contribution in [2.45, 2.75) is 6.36 Å². The van der Waals surface area contributed by atoms with E-state index in [1.807, 2.05) is 0 Å². The van der Waals surface area contributed by atoms with Crippen LogP contribution in [-0.2, 0) is 0 Å². The summed E-state index contributed by atoms with van der Waals surface area (Å²) >= 11 is 1.79. The van der Waals surface area contributed by atoms with Gasteiger partial charge in [-0.15, -0.1) is 13.2 Å². The summed E-state index contributed by atoms with van der Waals surface area (Å²) in [6.07, 6.45) is -3.30. The van der Waals surface area contributed by atoms with Crippen LogP contribution in [0.4, 0.5) is 13.2 Å². The SMILES string of the molecule is O=c1[nH]c(-c2ccccn2)c(I)c(=O)n1-c1ccc(OC(F)(F)F)cc1. The van der Waals surface area contributed by atoms with Crippen molar-refractivity contribution in [3.8, 4) is 22.8 Å². The van der Waals surface area contributed by atoms with Crippen molar-refractivity contribution < 1.29 is 17.9 Å². The molecule has 1 N–H and O–H groups in total. The molecule has 2 heterocycles. The molecule has 0 unspecified atom stereocenters. The highest BCUT2D eigenvalue weighted by Crippen LogP contribution is 2.23. The summed E-state index contributed by atoms with van der Waals surface area (Å²) in [5, 5.41) is 0. The Kier molecular flexibility index (Phi) is 4.85. The molecule has 0 aliphatic rings. The van der Waals surface area contributed by atoms with E-state index in [9.17, 15) is 22.8 Å². The second-order valence-electron chi connectivity index (χ2n) is 5.02. The van der Waals surface area contributed by atoms with Crippen molar-refractivity contribution in [3.05, 3.63) is 73.1 Å². The van der Waals surface area contributed by atoms with Crippen LogP contribution in [0.2, 0.25) is 0 Å². The maximum atomic E-state index is 12.6. The third-order valence-electron chi connectivity index (χ3n) is 3.29. The van der Waals surface area contributed by atoms with E-state index >= 15 is 0 Å². The summed E-state index contributed by atoms with van der Waals surface area (Å²) in [7, 11) is 0. The number of nitrogens with zero attached hydrogens (tertiary/aromatic N) is 2. The Morgan fingerprint density at radius 3 is 2.35 bits per heavy atom. The number of aromatic amines is 1. The first-order valence-electron chi connectivity index (χ1n) is 7.09. The van der Waals surface area contributed by atoms with E-state index in [1.165, 1.54) is 18.3 Å². The summed E-state index contributed by atoms with van der Waals surface area (Å²) in [5.41, 5.74) is -0.544. The smallest absolute Gasteiger partial charge is 0.406 e. The van der Waals surface area contributed by atoms with E-state index in [-0.39, 0.29) is 15.0 Å². The van der Waals surface area contributed by atoms with E-state index in [1.54, 1.807) is 40.8 Å². The summed E-state index contributed by atoms with van der Waals surface area (Å²) in [6.45, 7) is 0. The molecule has 0 atom stereocenters. The molecule has 0 fully saturated rings. The number of rotatable bonds is 3. The van der Waals surface area contributed by atoms with Gasteiger partial charge in [0.2, 0.25) is 0 Å². The largest absolute Gasteiger partial charge is 0.573 e. The molecule has 0 bridgehead atoms. The molecule has 6 nitrogen and oxygen atoms in total. The molecular weight excluding hydrogens is 466 g/mol.